The monoisotopic (exact) mass is 815 g/mol. The van der Waals surface area contributed by atoms with Crippen molar-refractivity contribution in [2.45, 2.75) is 5.41 Å². The van der Waals surface area contributed by atoms with Crippen molar-refractivity contribution in [3.63, 3.8) is 0 Å². The van der Waals surface area contributed by atoms with Gasteiger partial charge in [-0.2, -0.15) is 0 Å². The van der Waals surface area contributed by atoms with E-state index < -0.39 is 5.41 Å². The highest BCUT2D eigenvalue weighted by Gasteiger charge is 2.50. The maximum Gasteiger partial charge on any atom is 0.136 e. The Morgan fingerprint density at radius 1 is 0.281 bits per heavy atom. The zero-order chi connectivity index (χ0) is 41.9. The van der Waals surface area contributed by atoms with Crippen LogP contribution in [0.4, 0.5) is 17.1 Å². The van der Waals surface area contributed by atoms with Gasteiger partial charge in [0.15, 0.2) is 0 Å². The Hall–Kier alpha value is -8.40. The molecule has 3 heteroatoms. The molecular weight excluding hydrogens is 779 g/mol. The fraction of sp³-hybridized carbons (Fsp3) is 0.0164. The van der Waals surface area contributed by atoms with E-state index in [9.17, 15) is 0 Å². The van der Waals surface area contributed by atoms with Gasteiger partial charge in [0.25, 0.3) is 0 Å². The molecule has 1 aromatic heterocycles. The molecule has 3 aliphatic rings. The van der Waals surface area contributed by atoms with Gasteiger partial charge in [-0.25, -0.2) is 0 Å². The maximum atomic E-state index is 6.61. The van der Waals surface area contributed by atoms with Crippen molar-refractivity contribution in [3.8, 4) is 67.1 Å². The summed E-state index contributed by atoms with van der Waals surface area (Å²) >= 11 is 0. The Bertz CT molecular complexity index is 3730. The van der Waals surface area contributed by atoms with E-state index in [1.54, 1.807) is 0 Å². The Morgan fingerprint density at radius 2 is 0.781 bits per heavy atom. The van der Waals surface area contributed by atoms with Crippen LogP contribution < -0.4 is 9.64 Å². The molecule has 0 N–H and O–H groups in total. The number of para-hydroxylation sites is 4. The van der Waals surface area contributed by atoms with E-state index in [1.165, 1.54) is 55.6 Å². The first-order valence-electron chi connectivity index (χ1n) is 22.0. The molecule has 0 saturated heterocycles. The van der Waals surface area contributed by atoms with Crippen LogP contribution in [-0.2, 0) is 5.41 Å². The Labute approximate surface area is 370 Å². The third kappa shape index (κ3) is 4.81. The fourth-order valence-electron chi connectivity index (χ4n) is 11.3. The van der Waals surface area contributed by atoms with E-state index in [4.69, 9.17) is 9.15 Å². The van der Waals surface area contributed by atoms with Gasteiger partial charge < -0.3 is 14.1 Å². The van der Waals surface area contributed by atoms with Crippen LogP contribution in [-0.4, -0.2) is 0 Å². The molecule has 10 aromatic carbocycles. The Kier molecular flexibility index (Phi) is 7.32. The van der Waals surface area contributed by atoms with Gasteiger partial charge in [0.2, 0.25) is 0 Å². The van der Waals surface area contributed by atoms with E-state index in [1.807, 2.05) is 12.1 Å². The summed E-state index contributed by atoms with van der Waals surface area (Å²) in [5, 5.41) is 2.26. The van der Waals surface area contributed by atoms with Gasteiger partial charge in [-0.15, -0.1) is 0 Å². The van der Waals surface area contributed by atoms with Gasteiger partial charge in [0.05, 0.1) is 5.41 Å². The summed E-state index contributed by atoms with van der Waals surface area (Å²) < 4.78 is 13.2. The molecule has 11 aromatic rings. The third-order valence-corrected chi connectivity index (χ3v) is 13.9. The van der Waals surface area contributed by atoms with Crippen LogP contribution in [0.5, 0.6) is 11.5 Å². The van der Waals surface area contributed by atoms with Crippen molar-refractivity contribution in [2.24, 2.45) is 0 Å². The molecule has 1 aliphatic heterocycles. The molecule has 0 saturated carbocycles. The van der Waals surface area contributed by atoms with Gasteiger partial charge >= 0.3 is 0 Å². The molecule has 64 heavy (non-hydrogen) atoms. The summed E-state index contributed by atoms with van der Waals surface area (Å²) in [7, 11) is 0. The van der Waals surface area contributed by atoms with Crippen LogP contribution in [0.25, 0.3) is 77.6 Å². The molecule has 0 amide bonds. The average Bonchev–Trinajstić information content (AvgIpc) is 3.78. The zero-order valence-electron chi connectivity index (χ0n) is 34.6. The first kappa shape index (κ1) is 35.2. The van der Waals surface area contributed by atoms with E-state index in [-0.39, 0.29) is 0 Å². The minimum atomic E-state index is -0.638. The molecule has 2 heterocycles. The van der Waals surface area contributed by atoms with Gasteiger partial charge in [-0.3, -0.25) is 0 Å². The summed E-state index contributed by atoms with van der Waals surface area (Å²) in [6.07, 6.45) is 0. The summed E-state index contributed by atoms with van der Waals surface area (Å²) in [4.78, 5) is 2.41. The average molecular weight is 816 g/mol. The van der Waals surface area contributed by atoms with Crippen molar-refractivity contribution < 1.29 is 9.15 Å². The summed E-state index contributed by atoms with van der Waals surface area (Å²) in [6.45, 7) is 0. The molecule has 1 atom stereocenters. The summed E-state index contributed by atoms with van der Waals surface area (Å²) in [5.74, 6) is 1.71. The number of hydrogen-bond donors (Lipinski definition) is 0. The molecule has 14 rings (SSSR count). The number of hydrogen-bond acceptors (Lipinski definition) is 3. The second kappa shape index (κ2) is 13.3. The highest BCUT2D eigenvalue weighted by molar-refractivity contribution is 6.09. The molecular formula is C61H37NO2. The Balaban J connectivity index is 1.06. The smallest absolute Gasteiger partial charge is 0.136 e. The van der Waals surface area contributed by atoms with Crippen LogP contribution >= 0.6 is 0 Å². The van der Waals surface area contributed by atoms with Crippen LogP contribution in [0.3, 0.4) is 0 Å². The number of furan rings is 1. The molecule has 2 aliphatic carbocycles. The lowest BCUT2D eigenvalue weighted by Crippen LogP contribution is -2.29. The van der Waals surface area contributed by atoms with Gasteiger partial charge in [0, 0.05) is 39.0 Å². The minimum Gasteiger partial charge on any atom is -0.456 e. The van der Waals surface area contributed by atoms with Crippen molar-refractivity contribution in [3.05, 3.63) is 247 Å². The van der Waals surface area contributed by atoms with Crippen LogP contribution in [0.2, 0.25) is 0 Å². The van der Waals surface area contributed by atoms with Crippen LogP contribution in [0.1, 0.15) is 22.3 Å². The van der Waals surface area contributed by atoms with Gasteiger partial charge in [0.1, 0.15) is 22.7 Å². The molecule has 1 unspecified atom stereocenters. The van der Waals surface area contributed by atoms with Crippen molar-refractivity contribution in [1.82, 2.24) is 0 Å². The molecule has 0 bridgehead atoms. The van der Waals surface area contributed by atoms with Crippen molar-refractivity contribution >= 4 is 39.0 Å². The lowest BCUT2D eigenvalue weighted by Gasteiger charge is -2.36. The standard InChI is InChI=1S/C61H37NO2/c1-2-16-38(17-3-1)62(39-30-32-43-46-22-8-13-27-57(46)63-58-28-14-9-23-47(58)49(43)34-39)40-31-33-55-50(35-40)42-19-5-4-18-41(42)44-20-6-11-25-53(44)61(55)54-26-12-7-21-45(54)51-37-60-52(36-56(51)61)48-24-10-15-29-59(48)64-60/h1-37H. The molecule has 3 nitrogen and oxygen atoms in total. The van der Waals surface area contributed by atoms with Crippen molar-refractivity contribution in [1.29, 1.82) is 0 Å². The number of anilines is 3. The molecule has 0 fully saturated rings. The summed E-state index contributed by atoms with van der Waals surface area (Å²) in [5.41, 5.74) is 21.2. The highest BCUT2D eigenvalue weighted by Crippen LogP contribution is 2.63. The van der Waals surface area contributed by atoms with E-state index in [2.05, 4.69) is 217 Å². The number of nitrogens with zero attached hydrogens (tertiary/aromatic N) is 1. The minimum absolute atomic E-state index is 0.638. The predicted octanol–water partition coefficient (Wildman–Crippen LogP) is 16.5. The van der Waals surface area contributed by atoms with E-state index in [0.717, 1.165) is 72.8 Å². The normalized spacial score (nSPS) is 14.8. The van der Waals surface area contributed by atoms with E-state index in [0.29, 0.717) is 0 Å². The second-order valence-corrected chi connectivity index (χ2v) is 17.1. The van der Waals surface area contributed by atoms with Gasteiger partial charge in [-0.05, 0) is 133 Å². The van der Waals surface area contributed by atoms with Crippen LogP contribution in [0.15, 0.2) is 229 Å². The number of rotatable bonds is 3. The lowest BCUT2D eigenvalue weighted by atomic mass is 9.65. The summed E-state index contributed by atoms with van der Waals surface area (Å²) in [6, 6.07) is 81.8. The number of ether oxygens (including phenoxy) is 1. The molecule has 0 radical (unpaired) electrons. The fourth-order valence-corrected chi connectivity index (χ4v) is 11.3. The van der Waals surface area contributed by atoms with Crippen LogP contribution in [0, 0.1) is 0 Å². The lowest BCUT2D eigenvalue weighted by molar-refractivity contribution is 0.488. The third-order valence-electron chi connectivity index (χ3n) is 13.9. The highest BCUT2D eigenvalue weighted by atomic mass is 16.5. The molecule has 298 valence electrons. The quantitative estimate of drug-likeness (QED) is 0.178. The van der Waals surface area contributed by atoms with Gasteiger partial charge in [-0.1, -0.05) is 158 Å². The largest absolute Gasteiger partial charge is 0.456 e. The SMILES string of the molecule is c1ccc(N(c2ccc3c(c2)-c2ccccc2Oc2ccccc2-3)c2ccc3c(c2)-c2ccccc2-c2ccccc2C32c3ccccc3-c3cc4oc5ccccc5c4cc32)cc1. The number of fused-ring (bicyclic) bond motifs is 20. The first-order chi connectivity index (χ1) is 31.7. The van der Waals surface area contributed by atoms with Crippen molar-refractivity contribution in [2.75, 3.05) is 4.90 Å². The second-order valence-electron chi connectivity index (χ2n) is 17.1. The predicted molar refractivity (Wildman–Crippen MR) is 261 cm³/mol. The maximum absolute atomic E-state index is 6.61. The number of benzene rings is 10. The Morgan fingerprint density at radius 3 is 1.52 bits per heavy atom. The molecule has 1 spiro atoms. The van der Waals surface area contributed by atoms with E-state index >= 15 is 0 Å². The first-order valence-corrected chi connectivity index (χ1v) is 22.0. The topological polar surface area (TPSA) is 25.6 Å². The zero-order valence-corrected chi connectivity index (χ0v) is 34.6.